The standard InChI is InChI=1S/C39H65N3O5/c1-10-11-12-13-14-15-16-17-18-19-20-21-22-23-30-31(40)24-32(41)37(45-25(2)3)35(30)36-33(38(43)46-26(4)5)28(8)42-29(9)34(36)39(44)47-27(6)7/h24-27,33,36H,10-23,40-41H2,1-9H3. The van der Waals surface area contributed by atoms with Crippen LogP contribution in [0.1, 0.15) is 163 Å². The summed E-state index contributed by atoms with van der Waals surface area (Å²) < 4.78 is 17.9. The molecule has 1 aromatic carbocycles. The molecule has 2 unspecified atom stereocenters. The lowest BCUT2D eigenvalue weighted by Gasteiger charge is -2.35. The van der Waals surface area contributed by atoms with E-state index in [1.54, 1.807) is 33.8 Å². The van der Waals surface area contributed by atoms with E-state index >= 15 is 0 Å². The molecule has 266 valence electrons. The van der Waals surface area contributed by atoms with E-state index in [-0.39, 0.29) is 18.3 Å². The number of allylic oxidation sites excluding steroid dienone is 1. The van der Waals surface area contributed by atoms with Crippen LogP contribution in [0.15, 0.2) is 22.3 Å². The second-order valence-electron chi connectivity index (χ2n) is 14.1. The van der Waals surface area contributed by atoms with E-state index in [4.69, 9.17) is 25.7 Å². The number of unbranched alkanes of at least 4 members (excludes halogenated alkanes) is 12. The van der Waals surface area contributed by atoms with Crippen molar-refractivity contribution in [3.05, 3.63) is 28.5 Å². The van der Waals surface area contributed by atoms with Crippen LogP contribution in [0.25, 0.3) is 0 Å². The van der Waals surface area contributed by atoms with Crippen molar-refractivity contribution in [1.82, 2.24) is 0 Å². The monoisotopic (exact) mass is 655 g/mol. The summed E-state index contributed by atoms with van der Waals surface area (Å²) in [5.41, 5.74) is 17.1. The highest BCUT2D eigenvalue weighted by molar-refractivity contribution is 6.07. The van der Waals surface area contributed by atoms with E-state index in [1.807, 2.05) is 27.7 Å². The average molecular weight is 656 g/mol. The lowest BCUT2D eigenvalue weighted by molar-refractivity contribution is -0.150. The van der Waals surface area contributed by atoms with Gasteiger partial charge in [-0.05, 0) is 79.9 Å². The van der Waals surface area contributed by atoms with E-state index < -0.39 is 23.8 Å². The zero-order chi connectivity index (χ0) is 35.1. The smallest absolute Gasteiger partial charge is 0.336 e. The minimum Gasteiger partial charge on any atom is -0.489 e. The summed E-state index contributed by atoms with van der Waals surface area (Å²) in [6.07, 6.45) is 16.1. The van der Waals surface area contributed by atoms with Crippen molar-refractivity contribution in [2.24, 2.45) is 10.9 Å². The van der Waals surface area contributed by atoms with Crippen LogP contribution in [0.2, 0.25) is 0 Å². The summed E-state index contributed by atoms with van der Waals surface area (Å²) in [4.78, 5) is 32.3. The SMILES string of the molecule is CCCCCCCCCCCCCCCc1c(N)cc(N)c(OC(C)C)c1C1C(C(=O)OC(C)C)=C(C)N=C(C)C1C(=O)OC(C)C. The third-order valence-corrected chi connectivity index (χ3v) is 8.68. The van der Waals surface area contributed by atoms with Crippen LogP contribution in [0.4, 0.5) is 11.4 Å². The second-order valence-corrected chi connectivity index (χ2v) is 14.1. The maximum Gasteiger partial charge on any atom is 0.336 e. The molecule has 47 heavy (non-hydrogen) atoms. The molecule has 0 aliphatic carbocycles. The quantitative estimate of drug-likeness (QED) is 0.0767. The zero-order valence-electron chi connectivity index (χ0n) is 31.0. The highest BCUT2D eigenvalue weighted by Gasteiger charge is 2.45. The van der Waals surface area contributed by atoms with E-state index in [1.165, 1.54) is 64.2 Å². The molecule has 4 N–H and O–H groups in total. The first-order valence-electron chi connectivity index (χ1n) is 18.3. The Morgan fingerprint density at radius 1 is 0.745 bits per heavy atom. The van der Waals surface area contributed by atoms with Gasteiger partial charge in [0.1, 0.15) is 11.7 Å². The first-order chi connectivity index (χ1) is 22.3. The fourth-order valence-electron chi connectivity index (χ4n) is 6.57. The zero-order valence-corrected chi connectivity index (χ0v) is 31.0. The summed E-state index contributed by atoms with van der Waals surface area (Å²) in [6.45, 7) is 16.9. The molecule has 0 saturated carbocycles. The largest absolute Gasteiger partial charge is 0.489 e. The fraction of sp³-hybridized carbons (Fsp3) is 0.718. The van der Waals surface area contributed by atoms with Gasteiger partial charge in [0.25, 0.3) is 0 Å². The summed E-state index contributed by atoms with van der Waals surface area (Å²) in [6, 6.07) is 1.74. The minimum absolute atomic E-state index is 0.209. The second kappa shape index (κ2) is 20.4. The first-order valence-corrected chi connectivity index (χ1v) is 18.3. The molecule has 0 bridgehead atoms. The first kappa shape index (κ1) is 40.1. The number of hydrogen-bond donors (Lipinski definition) is 2. The van der Waals surface area contributed by atoms with Gasteiger partial charge in [-0.2, -0.15) is 0 Å². The molecule has 8 heteroatoms. The van der Waals surface area contributed by atoms with Gasteiger partial charge >= 0.3 is 11.9 Å². The van der Waals surface area contributed by atoms with Crippen molar-refractivity contribution < 1.29 is 23.8 Å². The number of rotatable bonds is 21. The predicted molar refractivity (Wildman–Crippen MR) is 195 cm³/mol. The van der Waals surface area contributed by atoms with Gasteiger partial charge in [0, 0.05) is 28.6 Å². The summed E-state index contributed by atoms with van der Waals surface area (Å²) in [5, 5.41) is 0. The maximum absolute atomic E-state index is 13.8. The van der Waals surface area contributed by atoms with Crippen molar-refractivity contribution in [3.8, 4) is 5.75 Å². The van der Waals surface area contributed by atoms with Crippen LogP contribution in [-0.4, -0.2) is 36.0 Å². The van der Waals surface area contributed by atoms with Crippen LogP contribution in [0.5, 0.6) is 5.75 Å². The Balaban J connectivity index is 2.41. The highest BCUT2D eigenvalue weighted by atomic mass is 16.5. The molecule has 1 aliphatic rings. The molecule has 0 amide bonds. The lowest BCUT2D eigenvalue weighted by atomic mass is 9.72. The number of nitrogens with zero attached hydrogens (tertiary/aromatic N) is 1. The van der Waals surface area contributed by atoms with Gasteiger partial charge in [0.2, 0.25) is 0 Å². The van der Waals surface area contributed by atoms with E-state index in [0.717, 1.165) is 24.8 Å². The van der Waals surface area contributed by atoms with E-state index in [2.05, 4.69) is 11.9 Å². The number of anilines is 2. The number of aliphatic imine (C=N–C) groups is 1. The molecule has 2 atom stereocenters. The van der Waals surface area contributed by atoms with Crippen LogP contribution < -0.4 is 16.2 Å². The molecule has 0 radical (unpaired) electrons. The summed E-state index contributed by atoms with van der Waals surface area (Å²) in [5.74, 6) is -2.21. The van der Waals surface area contributed by atoms with Gasteiger partial charge in [-0.1, -0.05) is 84.0 Å². The molecular formula is C39H65N3O5. The number of hydrogen-bond acceptors (Lipinski definition) is 8. The molecule has 1 aromatic rings. The Labute approximate surface area is 285 Å². The average Bonchev–Trinajstić information content (AvgIpc) is 2.96. The molecule has 8 nitrogen and oxygen atoms in total. The Morgan fingerprint density at radius 3 is 1.74 bits per heavy atom. The topological polar surface area (TPSA) is 126 Å². The Kier molecular flexibility index (Phi) is 17.4. The lowest BCUT2D eigenvalue weighted by Crippen LogP contribution is -2.38. The molecule has 0 aromatic heterocycles. The number of nitrogen functional groups attached to an aromatic ring is 2. The third-order valence-electron chi connectivity index (χ3n) is 8.68. The molecule has 0 fully saturated rings. The van der Waals surface area contributed by atoms with Crippen molar-refractivity contribution in [2.75, 3.05) is 11.5 Å². The van der Waals surface area contributed by atoms with Crippen molar-refractivity contribution >= 4 is 29.0 Å². The van der Waals surface area contributed by atoms with Gasteiger partial charge in [-0.15, -0.1) is 0 Å². The molecule has 0 spiro atoms. The number of nitrogens with two attached hydrogens (primary N) is 2. The van der Waals surface area contributed by atoms with Gasteiger partial charge in [-0.25, -0.2) is 4.79 Å². The fourth-order valence-corrected chi connectivity index (χ4v) is 6.57. The van der Waals surface area contributed by atoms with Gasteiger partial charge in [-0.3, -0.25) is 9.79 Å². The van der Waals surface area contributed by atoms with Crippen molar-refractivity contribution in [1.29, 1.82) is 0 Å². The molecule has 2 rings (SSSR count). The van der Waals surface area contributed by atoms with Crippen LogP contribution in [0, 0.1) is 5.92 Å². The van der Waals surface area contributed by atoms with Crippen LogP contribution in [0.3, 0.4) is 0 Å². The number of esters is 2. The molecule has 1 heterocycles. The van der Waals surface area contributed by atoms with Crippen LogP contribution >= 0.6 is 0 Å². The maximum atomic E-state index is 13.8. The predicted octanol–water partition coefficient (Wildman–Crippen LogP) is 9.62. The molecular weight excluding hydrogens is 590 g/mol. The molecule has 0 saturated heterocycles. The van der Waals surface area contributed by atoms with Crippen molar-refractivity contribution in [3.63, 3.8) is 0 Å². The van der Waals surface area contributed by atoms with Crippen molar-refractivity contribution in [2.45, 2.75) is 176 Å². The van der Waals surface area contributed by atoms with Gasteiger partial charge in [0.15, 0.2) is 0 Å². The Morgan fingerprint density at radius 2 is 1.26 bits per heavy atom. The Bertz CT molecular complexity index is 1220. The minimum atomic E-state index is -0.878. The van der Waals surface area contributed by atoms with E-state index in [0.29, 0.717) is 46.1 Å². The summed E-state index contributed by atoms with van der Waals surface area (Å²) >= 11 is 0. The van der Waals surface area contributed by atoms with Crippen LogP contribution in [-0.2, 0) is 25.5 Å². The number of ether oxygens (including phenoxy) is 3. The number of carbonyl (C=O) groups is 2. The van der Waals surface area contributed by atoms with E-state index in [9.17, 15) is 9.59 Å². The van der Waals surface area contributed by atoms with Gasteiger partial charge < -0.3 is 25.7 Å². The normalized spacial score (nSPS) is 16.6. The number of carbonyl (C=O) groups excluding carboxylic acids is 2. The third kappa shape index (κ3) is 12.5. The number of benzene rings is 1. The molecule has 1 aliphatic heterocycles. The Hall–Kier alpha value is -3.03. The summed E-state index contributed by atoms with van der Waals surface area (Å²) in [7, 11) is 0. The highest BCUT2D eigenvalue weighted by Crippen LogP contribution is 2.49. The van der Waals surface area contributed by atoms with Gasteiger partial charge in [0.05, 0.1) is 29.6 Å².